The Morgan fingerprint density at radius 1 is 0.878 bits per heavy atom. The van der Waals surface area contributed by atoms with Crippen LogP contribution in [0.1, 0.15) is 29.5 Å². The standard InChI is InChI=1S/C33H37N3O5/c1-39-30-15-12-25(18-31(30)40-2)20-35(17-16-26-19-34-29-11-7-6-10-28(26)29)32(37)21-36(27-13-14-27)33(38)23-41-22-24-8-4-3-5-9-24/h3-12,15,18-19,27,34H,13-14,16-17,20-23H2,1-2H3. The van der Waals surface area contributed by atoms with Crippen molar-refractivity contribution < 1.29 is 23.8 Å². The smallest absolute Gasteiger partial charge is 0.249 e. The van der Waals surface area contributed by atoms with Gasteiger partial charge in [-0.2, -0.15) is 0 Å². The van der Waals surface area contributed by atoms with Crippen molar-refractivity contribution in [2.24, 2.45) is 0 Å². The number of carbonyl (C=O) groups excluding carboxylic acids is 2. The Morgan fingerprint density at radius 3 is 2.39 bits per heavy atom. The van der Waals surface area contributed by atoms with Crippen molar-refractivity contribution >= 4 is 22.7 Å². The number of H-pyrrole nitrogens is 1. The Labute approximate surface area is 240 Å². The molecule has 0 atom stereocenters. The molecule has 1 saturated carbocycles. The molecule has 0 aliphatic heterocycles. The van der Waals surface area contributed by atoms with Gasteiger partial charge in [-0.3, -0.25) is 9.59 Å². The van der Waals surface area contributed by atoms with Gasteiger partial charge >= 0.3 is 0 Å². The second-order valence-electron chi connectivity index (χ2n) is 10.3. The lowest BCUT2D eigenvalue weighted by Crippen LogP contribution is -2.45. The summed E-state index contributed by atoms with van der Waals surface area (Å²) in [5.41, 5.74) is 4.15. The van der Waals surface area contributed by atoms with Crippen LogP contribution in [0.3, 0.4) is 0 Å². The van der Waals surface area contributed by atoms with E-state index in [0.717, 1.165) is 40.4 Å². The Hall–Kier alpha value is -4.30. The zero-order valence-corrected chi connectivity index (χ0v) is 23.7. The highest BCUT2D eigenvalue weighted by Crippen LogP contribution is 2.29. The van der Waals surface area contributed by atoms with Crippen LogP contribution in [-0.4, -0.2) is 66.6 Å². The maximum Gasteiger partial charge on any atom is 0.249 e. The highest BCUT2D eigenvalue weighted by molar-refractivity contribution is 5.86. The summed E-state index contributed by atoms with van der Waals surface area (Å²) in [5, 5.41) is 1.15. The second-order valence-corrected chi connectivity index (χ2v) is 10.3. The minimum absolute atomic E-state index is 0.0272. The second kappa shape index (κ2) is 13.4. The highest BCUT2D eigenvalue weighted by atomic mass is 16.5. The lowest BCUT2D eigenvalue weighted by atomic mass is 10.1. The van der Waals surface area contributed by atoms with Gasteiger partial charge in [0.25, 0.3) is 0 Å². The van der Waals surface area contributed by atoms with E-state index >= 15 is 0 Å². The van der Waals surface area contributed by atoms with Crippen LogP contribution in [0.5, 0.6) is 11.5 Å². The predicted octanol–water partition coefficient (Wildman–Crippen LogP) is 4.96. The van der Waals surface area contributed by atoms with Crippen molar-refractivity contribution in [3.8, 4) is 11.5 Å². The molecule has 0 radical (unpaired) electrons. The summed E-state index contributed by atoms with van der Waals surface area (Å²) < 4.78 is 16.6. The van der Waals surface area contributed by atoms with E-state index in [9.17, 15) is 9.59 Å². The lowest BCUT2D eigenvalue weighted by Gasteiger charge is -2.28. The summed E-state index contributed by atoms with van der Waals surface area (Å²) in [6.45, 7) is 1.23. The van der Waals surface area contributed by atoms with Crippen molar-refractivity contribution in [1.82, 2.24) is 14.8 Å². The summed E-state index contributed by atoms with van der Waals surface area (Å²) in [5.74, 6) is 0.996. The van der Waals surface area contributed by atoms with Crippen molar-refractivity contribution in [3.05, 3.63) is 95.7 Å². The summed E-state index contributed by atoms with van der Waals surface area (Å²) in [6, 6.07) is 23.7. The van der Waals surface area contributed by atoms with Gasteiger partial charge in [-0.05, 0) is 54.2 Å². The Kier molecular flexibility index (Phi) is 9.21. The molecular weight excluding hydrogens is 518 g/mol. The molecule has 1 aliphatic rings. The van der Waals surface area contributed by atoms with Gasteiger partial charge < -0.3 is 29.0 Å². The third-order valence-corrected chi connectivity index (χ3v) is 7.45. The molecular formula is C33H37N3O5. The maximum absolute atomic E-state index is 13.8. The van der Waals surface area contributed by atoms with Gasteiger partial charge in [-0.25, -0.2) is 0 Å². The normalized spacial score (nSPS) is 12.7. The zero-order chi connectivity index (χ0) is 28.6. The fourth-order valence-corrected chi connectivity index (χ4v) is 5.05. The van der Waals surface area contributed by atoms with Crippen molar-refractivity contribution in [1.29, 1.82) is 0 Å². The molecule has 2 amide bonds. The van der Waals surface area contributed by atoms with E-state index in [4.69, 9.17) is 14.2 Å². The number of fused-ring (bicyclic) bond motifs is 1. The van der Waals surface area contributed by atoms with Gasteiger partial charge in [0.1, 0.15) is 13.2 Å². The first-order valence-corrected chi connectivity index (χ1v) is 14.0. The Morgan fingerprint density at radius 2 is 1.63 bits per heavy atom. The number of nitrogens with zero attached hydrogens (tertiary/aromatic N) is 2. The third kappa shape index (κ3) is 7.27. The first-order valence-electron chi connectivity index (χ1n) is 14.0. The lowest BCUT2D eigenvalue weighted by molar-refractivity contribution is -0.144. The molecule has 4 aromatic rings. The number of hydrogen-bond donors (Lipinski definition) is 1. The van der Waals surface area contributed by atoms with Gasteiger partial charge in [0.2, 0.25) is 11.8 Å². The number of aromatic nitrogens is 1. The number of carbonyl (C=O) groups is 2. The maximum atomic E-state index is 13.8. The van der Waals surface area contributed by atoms with Crippen molar-refractivity contribution in [2.45, 2.75) is 38.5 Å². The van der Waals surface area contributed by atoms with Gasteiger partial charge in [-0.1, -0.05) is 54.6 Å². The number of methoxy groups -OCH3 is 2. The molecule has 8 heteroatoms. The highest BCUT2D eigenvalue weighted by Gasteiger charge is 2.34. The van der Waals surface area contributed by atoms with Crippen LogP contribution in [-0.2, 0) is 33.9 Å². The van der Waals surface area contributed by atoms with Crippen LogP contribution in [0.15, 0.2) is 79.0 Å². The summed E-state index contributed by atoms with van der Waals surface area (Å²) in [6.07, 6.45) is 4.50. The van der Waals surface area contributed by atoms with Crippen LogP contribution in [0.2, 0.25) is 0 Å². The average molecular weight is 556 g/mol. The van der Waals surface area contributed by atoms with E-state index in [2.05, 4.69) is 11.1 Å². The fraction of sp³-hybridized carbons (Fsp3) is 0.333. The van der Waals surface area contributed by atoms with Gasteiger partial charge in [0, 0.05) is 36.2 Å². The number of amides is 2. The van der Waals surface area contributed by atoms with Crippen LogP contribution >= 0.6 is 0 Å². The summed E-state index contributed by atoms with van der Waals surface area (Å²) in [4.78, 5) is 33.8. The van der Waals surface area contributed by atoms with Crippen LogP contribution in [0.4, 0.5) is 0 Å². The topological polar surface area (TPSA) is 84.1 Å². The summed E-state index contributed by atoms with van der Waals surface area (Å²) >= 11 is 0. The third-order valence-electron chi connectivity index (χ3n) is 7.45. The minimum Gasteiger partial charge on any atom is -0.493 e. The van der Waals surface area contributed by atoms with E-state index in [1.165, 1.54) is 0 Å². The quantitative estimate of drug-likeness (QED) is 0.238. The van der Waals surface area contributed by atoms with E-state index in [1.54, 1.807) is 19.1 Å². The van der Waals surface area contributed by atoms with Crippen LogP contribution in [0.25, 0.3) is 10.9 Å². The monoisotopic (exact) mass is 555 g/mol. The molecule has 0 unspecified atom stereocenters. The molecule has 1 aliphatic carbocycles. The van der Waals surface area contributed by atoms with Crippen molar-refractivity contribution in [3.63, 3.8) is 0 Å². The number of hydrogen-bond acceptors (Lipinski definition) is 5. The van der Waals surface area contributed by atoms with E-state index in [1.807, 2.05) is 77.8 Å². The number of ether oxygens (including phenoxy) is 3. The number of para-hydroxylation sites is 1. The molecule has 1 aromatic heterocycles. The van der Waals surface area contributed by atoms with Gasteiger partial charge in [0.15, 0.2) is 11.5 Å². The first kappa shape index (κ1) is 28.2. The molecule has 0 bridgehead atoms. The SMILES string of the molecule is COc1ccc(CN(CCc2c[nH]c3ccccc23)C(=O)CN(C(=O)COCc2ccccc2)C2CC2)cc1OC. The molecule has 1 N–H and O–H groups in total. The van der Waals surface area contributed by atoms with E-state index in [-0.39, 0.29) is 31.0 Å². The zero-order valence-electron chi connectivity index (χ0n) is 23.7. The molecule has 5 rings (SSSR count). The first-order chi connectivity index (χ1) is 20.1. The predicted molar refractivity (Wildman–Crippen MR) is 158 cm³/mol. The largest absolute Gasteiger partial charge is 0.493 e. The van der Waals surface area contributed by atoms with Crippen LogP contribution in [0, 0.1) is 0 Å². The number of benzene rings is 3. The van der Waals surface area contributed by atoms with Crippen LogP contribution < -0.4 is 9.47 Å². The van der Waals surface area contributed by atoms with E-state index in [0.29, 0.717) is 37.6 Å². The van der Waals surface area contributed by atoms with Crippen molar-refractivity contribution in [2.75, 3.05) is 33.9 Å². The van der Waals surface area contributed by atoms with Gasteiger partial charge in [-0.15, -0.1) is 0 Å². The molecule has 41 heavy (non-hydrogen) atoms. The molecule has 0 saturated heterocycles. The molecule has 1 fully saturated rings. The molecule has 8 nitrogen and oxygen atoms in total. The molecule has 214 valence electrons. The Balaban J connectivity index is 1.29. The Bertz CT molecular complexity index is 1460. The summed E-state index contributed by atoms with van der Waals surface area (Å²) in [7, 11) is 3.20. The average Bonchev–Trinajstić information content (AvgIpc) is 3.77. The molecule has 3 aromatic carbocycles. The number of aromatic amines is 1. The molecule has 0 spiro atoms. The fourth-order valence-electron chi connectivity index (χ4n) is 5.05. The molecule has 1 heterocycles. The number of nitrogens with one attached hydrogen (secondary N) is 1. The van der Waals surface area contributed by atoms with Gasteiger partial charge in [0.05, 0.1) is 20.8 Å². The number of rotatable bonds is 14. The minimum atomic E-state index is -0.153. The van der Waals surface area contributed by atoms with E-state index < -0.39 is 0 Å².